The van der Waals surface area contributed by atoms with Crippen molar-refractivity contribution in [2.45, 2.75) is 19.9 Å². The van der Waals surface area contributed by atoms with Crippen LogP contribution in [0.5, 0.6) is 0 Å². The van der Waals surface area contributed by atoms with Crippen LogP contribution in [-0.4, -0.2) is 31.6 Å². The lowest BCUT2D eigenvalue weighted by molar-refractivity contribution is 0.320. The van der Waals surface area contributed by atoms with Crippen molar-refractivity contribution in [3.63, 3.8) is 0 Å². The number of hydrogen-bond donors (Lipinski definition) is 1. The standard InChI is InChI=1S/C11H20N2S/c1-3-12-6-4-7-13(2)9-11-5-8-14-10-11/h5,8,10,12H,3-4,6-7,9H2,1-2H3. The average molecular weight is 212 g/mol. The quantitative estimate of drug-likeness (QED) is 0.697. The van der Waals surface area contributed by atoms with E-state index >= 15 is 0 Å². The van der Waals surface area contributed by atoms with Gasteiger partial charge in [0.15, 0.2) is 0 Å². The minimum absolute atomic E-state index is 1.08. The first kappa shape index (κ1) is 11.7. The molecule has 3 heteroatoms. The monoisotopic (exact) mass is 212 g/mol. The Morgan fingerprint density at radius 2 is 2.36 bits per heavy atom. The molecule has 2 nitrogen and oxygen atoms in total. The molecule has 0 atom stereocenters. The maximum absolute atomic E-state index is 3.34. The molecule has 1 heterocycles. The summed E-state index contributed by atoms with van der Waals surface area (Å²) in [6.45, 7) is 6.60. The summed E-state index contributed by atoms with van der Waals surface area (Å²) in [5, 5.41) is 7.70. The van der Waals surface area contributed by atoms with E-state index in [0.29, 0.717) is 0 Å². The van der Waals surface area contributed by atoms with Crippen molar-refractivity contribution < 1.29 is 0 Å². The third-order valence-corrected chi connectivity index (χ3v) is 2.91. The number of nitrogens with one attached hydrogen (secondary N) is 1. The first-order valence-corrected chi connectivity index (χ1v) is 6.17. The summed E-state index contributed by atoms with van der Waals surface area (Å²) in [4.78, 5) is 2.37. The summed E-state index contributed by atoms with van der Waals surface area (Å²) in [6.07, 6.45) is 1.23. The van der Waals surface area contributed by atoms with Crippen LogP contribution >= 0.6 is 11.3 Å². The van der Waals surface area contributed by atoms with Gasteiger partial charge in [-0.3, -0.25) is 0 Å². The predicted octanol–water partition coefficient (Wildman–Crippen LogP) is 2.18. The smallest absolute Gasteiger partial charge is 0.0238 e. The number of thiophene rings is 1. The first-order chi connectivity index (χ1) is 6.83. The first-order valence-electron chi connectivity index (χ1n) is 5.23. The molecule has 1 aromatic rings. The zero-order valence-electron chi connectivity index (χ0n) is 9.12. The number of rotatable bonds is 7. The van der Waals surface area contributed by atoms with Gasteiger partial charge in [-0.2, -0.15) is 11.3 Å². The van der Waals surface area contributed by atoms with E-state index in [1.54, 1.807) is 11.3 Å². The maximum atomic E-state index is 3.34. The summed E-state index contributed by atoms with van der Waals surface area (Å²) < 4.78 is 0. The molecule has 1 N–H and O–H groups in total. The van der Waals surface area contributed by atoms with Gasteiger partial charge in [-0.25, -0.2) is 0 Å². The van der Waals surface area contributed by atoms with E-state index in [0.717, 1.165) is 19.6 Å². The minimum atomic E-state index is 1.08. The van der Waals surface area contributed by atoms with Crippen molar-refractivity contribution >= 4 is 11.3 Å². The average Bonchev–Trinajstić information content (AvgIpc) is 2.65. The van der Waals surface area contributed by atoms with Gasteiger partial charge in [0.25, 0.3) is 0 Å². The Morgan fingerprint density at radius 3 is 3.00 bits per heavy atom. The van der Waals surface area contributed by atoms with E-state index in [-0.39, 0.29) is 0 Å². The second-order valence-electron chi connectivity index (χ2n) is 3.58. The van der Waals surface area contributed by atoms with Crippen LogP contribution in [0.4, 0.5) is 0 Å². The van der Waals surface area contributed by atoms with E-state index in [4.69, 9.17) is 0 Å². The summed E-state index contributed by atoms with van der Waals surface area (Å²) in [6, 6.07) is 2.20. The Morgan fingerprint density at radius 1 is 1.50 bits per heavy atom. The lowest BCUT2D eigenvalue weighted by Gasteiger charge is -2.15. The molecule has 0 aliphatic carbocycles. The van der Waals surface area contributed by atoms with Crippen molar-refractivity contribution in [2.24, 2.45) is 0 Å². The largest absolute Gasteiger partial charge is 0.317 e. The summed E-state index contributed by atoms with van der Waals surface area (Å²) in [5.41, 5.74) is 1.43. The van der Waals surface area contributed by atoms with Gasteiger partial charge in [-0.15, -0.1) is 0 Å². The topological polar surface area (TPSA) is 15.3 Å². The lowest BCUT2D eigenvalue weighted by atomic mass is 10.3. The molecule has 0 radical (unpaired) electrons. The van der Waals surface area contributed by atoms with E-state index in [2.05, 4.69) is 41.0 Å². The predicted molar refractivity (Wildman–Crippen MR) is 63.8 cm³/mol. The van der Waals surface area contributed by atoms with Crippen molar-refractivity contribution in [1.82, 2.24) is 10.2 Å². The van der Waals surface area contributed by atoms with Crippen molar-refractivity contribution in [3.8, 4) is 0 Å². The van der Waals surface area contributed by atoms with Gasteiger partial charge in [0.05, 0.1) is 0 Å². The highest BCUT2D eigenvalue weighted by atomic mass is 32.1. The molecule has 0 bridgehead atoms. The zero-order valence-corrected chi connectivity index (χ0v) is 9.94. The van der Waals surface area contributed by atoms with E-state index < -0.39 is 0 Å². The van der Waals surface area contributed by atoms with Crippen LogP contribution in [0.15, 0.2) is 16.8 Å². The highest BCUT2D eigenvalue weighted by Crippen LogP contribution is 2.08. The third-order valence-electron chi connectivity index (χ3n) is 2.18. The molecule has 0 unspecified atom stereocenters. The third kappa shape index (κ3) is 4.74. The van der Waals surface area contributed by atoms with Gasteiger partial charge >= 0.3 is 0 Å². The molecular weight excluding hydrogens is 192 g/mol. The molecule has 0 spiro atoms. The van der Waals surface area contributed by atoms with Crippen LogP contribution in [-0.2, 0) is 6.54 Å². The van der Waals surface area contributed by atoms with E-state index in [9.17, 15) is 0 Å². The van der Waals surface area contributed by atoms with Gasteiger partial charge < -0.3 is 10.2 Å². The van der Waals surface area contributed by atoms with Gasteiger partial charge in [0.2, 0.25) is 0 Å². The molecule has 1 aromatic heterocycles. The maximum Gasteiger partial charge on any atom is 0.0238 e. The van der Waals surface area contributed by atoms with Crippen LogP contribution in [0.1, 0.15) is 18.9 Å². The fourth-order valence-corrected chi connectivity index (χ4v) is 2.08. The van der Waals surface area contributed by atoms with Crippen molar-refractivity contribution in [1.29, 1.82) is 0 Å². The molecule has 0 aromatic carbocycles. The van der Waals surface area contributed by atoms with Gasteiger partial charge in [0, 0.05) is 6.54 Å². The number of hydrogen-bond acceptors (Lipinski definition) is 3. The second-order valence-corrected chi connectivity index (χ2v) is 4.36. The highest BCUT2D eigenvalue weighted by Gasteiger charge is 1.99. The molecule has 0 fully saturated rings. The molecule has 0 saturated heterocycles. The molecule has 0 aliphatic heterocycles. The normalized spacial score (nSPS) is 11.1. The van der Waals surface area contributed by atoms with Crippen LogP contribution < -0.4 is 5.32 Å². The highest BCUT2D eigenvalue weighted by molar-refractivity contribution is 7.07. The molecule has 0 saturated carbocycles. The van der Waals surface area contributed by atoms with Crippen LogP contribution in [0.2, 0.25) is 0 Å². The second kappa shape index (κ2) is 6.98. The van der Waals surface area contributed by atoms with Crippen LogP contribution in [0.25, 0.3) is 0 Å². The molecule has 0 aliphatic rings. The summed E-state index contributed by atoms with van der Waals surface area (Å²) in [5.74, 6) is 0. The van der Waals surface area contributed by atoms with Crippen molar-refractivity contribution in [3.05, 3.63) is 22.4 Å². The van der Waals surface area contributed by atoms with Crippen LogP contribution in [0.3, 0.4) is 0 Å². The lowest BCUT2D eigenvalue weighted by Crippen LogP contribution is -2.23. The van der Waals surface area contributed by atoms with Crippen LogP contribution in [0, 0.1) is 0 Å². The minimum Gasteiger partial charge on any atom is -0.317 e. The Labute approximate surface area is 90.9 Å². The molecule has 1 rings (SSSR count). The van der Waals surface area contributed by atoms with E-state index in [1.807, 2.05) is 0 Å². The summed E-state index contributed by atoms with van der Waals surface area (Å²) in [7, 11) is 2.18. The SMILES string of the molecule is CCNCCCN(C)Cc1ccsc1. The zero-order chi connectivity index (χ0) is 10.2. The van der Waals surface area contributed by atoms with Gasteiger partial charge in [0.1, 0.15) is 0 Å². The Bertz CT molecular complexity index is 221. The van der Waals surface area contributed by atoms with E-state index in [1.165, 1.54) is 18.5 Å². The summed E-state index contributed by atoms with van der Waals surface area (Å²) >= 11 is 1.77. The fourth-order valence-electron chi connectivity index (χ4n) is 1.42. The van der Waals surface area contributed by atoms with Gasteiger partial charge in [-0.1, -0.05) is 6.92 Å². The molecule has 0 amide bonds. The fraction of sp³-hybridized carbons (Fsp3) is 0.636. The Kier molecular flexibility index (Phi) is 5.83. The molecule has 14 heavy (non-hydrogen) atoms. The Hall–Kier alpha value is -0.380. The van der Waals surface area contributed by atoms with Gasteiger partial charge in [-0.05, 0) is 55.5 Å². The van der Waals surface area contributed by atoms with Crippen molar-refractivity contribution in [2.75, 3.05) is 26.7 Å². The Balaban J connectivity index is 2.07. The molecule has 80 valence electrons. The molecular formula is C11H20N2S. The number of nitrogens with zero attached hydrogens (tertiary/aromatic N) is 1.